The van der Waals surface area contributed by atoms with Gasteiger partial charge in [-0.2, -0.15) is 0 Å². The number of nitrogens with two attached hydrogens (primary N) is 1. The fraction of sp³-hybridized carbons (Fsp3) is 0.357. The highest BCUT2D eigenvalue weighted by molar-refractivity contribution is 5.45. The van der Waals surface area contributed by atoms with E-state index in [1.807, 2.05) is 4.90 Å². The maximum Gasteiger partial charge on any atom is 0.225 e. The summed E-state index contributed by atoms with van der Waals surface area (Å²) in [4.78, 5) is 16.6. The van der Waals surface area contributed by atoms with Crippen molar-refractivity contribution in [1.82, 2.24) is 15.0 Å². The lowest BCUT2D eigenvalue weighted by atomic mass is 10.2. The Labute approximate surface area is 122 Å². The lowest BCUT2D eigenvalue weighted by Gasteiger charge is -2.35. The zero-order valence-corrected chi connectivity index (χ0v) is 11.6. The molecule has 7 heteroatoms. The number of pyridine rings is 1. The standard InChI is InChI=1S/C14H17FN6/c15-12-11(10-16)2-5-17-13(12)20-6-8-21(9-7-20)14-18-3-1-4-19-14/h1-5H,6-10,16H2. The fourth-order valence-corrected chi connectivity index (χ4v) is 2.42. The van der Waals surface area contributed by atoms with Crippen LogP contribution >= 0.6 is 0 Å². The van der Waals surface area contributed by atoms with Gasteiger partial charge in [0.15, 0.2) is 11.6 Å². The maximum atomic E-state index is 14.3. The number of halogens is 1. The average molecular weight is 288 g/mol. The number of anilines is 2. The Morgan fingerprint density at radius 1 is 1.00 bits per heavy atom. The van der Waals surface area contributed by atoms with Gasteiger partial charge in [-0.15, -0.1) is 0 Å². The summed E-state index contributed by atoms with van der Waals surface area (Å²) in [5.74, 6) is 0.775. The number of piperazine rings is 1. The quantitative estimate of drug-likeness (QED) is 0.900. The number of hydrogen-bond donors (Lipinski definition) is 1. The van der Waals surface area contributed by atoms with E-state index in [4.69, 9.17) is 5.73 Å². The van der Waals surface area contributed by atoms with Gasteiger partial charge in [-0.05, 0) is 12.1 Å². The largest absolute Gasteiger partial charge is 0.351 e. The summed E-state index contributed by atoms with van der Waals surface area (Å²) in [7, 11) is 0. The third kappa shape index (κ3) is 2.78. The van der Waals surface area contributed by atoms with Crippen LogP contribution in [0.5, 0.6) is 0 Å². The van der Waals surface area contributed by atoms with Gasteiger partial charge in [-0.1, -0.05) is 0 Å². The van der Waals surface area contributed by atoms with Gasteiger partial charge in [0, 0.05) is 56.9 Å². The summed E-state index contributed by atoms with van der Waals surface area (Å²) < 4.78 is 14.3. The van der Waals surface area contributed by atoms with Crippen LogP contribution < -0.4 is 15.5 Å². The predicted molar refractivity (Wildman–Crippen MR) is 78.5 cm³/mol. The van der Waals surface area contributed by atoms with Gasteiger partial charge in [0.2, 0.25) is 5.95 Å². The molecule has 0 aromatic carbocycles. The first-order valence-corrected chi connectivity index (χ1v) is 6.90. The molecule has 3 rings (SSSR count). The first-order valence-electron chi connectivity index (χ1n) is 6.90. The molecule has 0 amide bonds. The Kier molecular flexibility index (Phi) is 3.92. The molecule has 2 aromatic heterocycles. The molecule has 1 fully saturated rings. The molecular formula is C14H17FN6. The van der Waals surface area contributed by atoms with Crippen LogP contribution in [-0.2, 0) is 6.54 Å². The SMILES string of the molecule is NCc1ccnc(N2CCN(c3ncccn3)CC2)c1F. The molecule has 2 aromatic rings. The summed E-state index contributed by atoms with van der Waals surface area (Å²) in [5.41, 5.74) is 6.03. The Hall–Kier alpha value is -2.28. The molecule has 0 atom stereocenters. The molecule has 6 nitrogen and oxygen atoms in total. The molecule has 3 heterocycles. The van der Waals surface area contributed by atoms with Gasteiger partial charge < -0.3 is 15.5 Å². The van der Waals surface area contributed by atoms with Crippen LogP contribution in [0.4, 0.5) is 16.2 Å². The topological polar surface area (TPSA) is 71.2 Å². The molecule has 0 spiro atoms. The van der Waals surface area contributed by atoms with Crippen LogP contribution in [0.1, 0.15) is 5.56 Å². The van der Waals surface area contributed by atoms with Crippen LogP contribution in [0.2, 0.25) is 0 Å². The van der Waals surface area contributed by atoms with Crippen LogP contribution in [0.25, 0.3) is 0 Å². The van der Waals surface area contributed by atoms with E-state index in [2.05, 4.69) is 19.9 Å². The minimum atomic E-state index is -0.315. The monoisotopic (exact) mass is 288 g/mol. The molecule has 2 N–H and O–H groups in total. The minimum absolute atomic E-state index is 0.180. The van der Waals surface area contributed by atoms with Crippen LogP contribution in [0.3, 0.4) is 0 Å². The fourth-order valence-electron chi connectivity index (χ4n) is 2.42. The lowest BCUT2D eigenvalue weighted by molar-refractivity contribution is 0.574. The lowest BCUT2D eigenvalue weighted by Crippen LogP contribution is -2.47. The average Bonchev–Trinajstić information content (AvgIpc) is 2.56. The third-order valence-electron chi connectivity index (χ3n) is 3.58. The van der Waals surface area contributed by atoms with E-state index in [0.29, 0.717) is 30.4 Å². The van der Waals surface area contributed by atoms with Crippen LogP contribution in [0, 0.1) is 5.82 Å². The maximum absolute atomic E-state index is 14.3. The highest BCUT2D eigenvalue weighted by Gasteiger charge is 2.22. The Bertz CT molecular complexity index is 598. The van der Waals surface area contributed by atoms with Crippen molar-refractivity contribution in [1.29, 1.82) is 0 Å². The van der Waals surface area contributed by atoms with Crippen molar-refractivity contribution < 1.29 is 4.39 Å². The number of nitrogens with zero attached hydrogens (tertiary/aromatic N) is 5. The molecule has 0 radical (unpaired) electrons. The molecule has 0 bridgehead atoms. The second kappa shape index (κ2) is 6.01. The van der Waals surface area contributed by atoms with E-state index in [-0.39, 0.29) is 12.4 Å². The molecule has 1 saturated heterocycles. The van der Waals surface area contributed by atoms with E-state index >= 15 is 0 Å². The summed E-state index contributed by atoms with van der Waals surface area (Å²) in [6, 6.07) is 3.41. The number of aromatic nitrogens is 3. The molecule has 21 heavy (non-hydrogen) atoms. The Morgan fingerprint density at radius 3 is 2.33 bits per heavy atom. The first-order chi connectivity index (χ1) is 10.3. The van der Waals surface area contributed by atoms with Crippen LogP contribution in [-0.4, -0.2) is 41.1 Å². The van der Waals surface area contributed by atoms with Crippen molar-refractivity contribution in [3.8, 4) is 0 Å². The van der Waals surface area contributed by atoms with Gasteiger partial charge in [-0.3, -0.25) is 0 Å². The van der Waals surface area contributed by atoms with E-state index < -0.39 is 0 Å². The summed E-state index contributed by atoms with van der Waals surface area (Å²) in [6.07, 6.45) is 5.05. The van der Waals surface area contributed by atoms with Crippen molar-refractivity contribution in [3.05, 3.63) is 42.1 Å². The van der Waals surface area contributed by atoms with Crippen LogP contribution in [0.15, 0.2) is 30.7 Å². The third-order valence-corrected chi connectivity index (χ3v) is 3.58. The second-order valence-corrected chi connectivity index (χ2v) is 4.83. The van der Waals surface area contributed by atoms with Crippen molar-refractivity contribution in [2.75, 3.05) is 36.0 Å². The Balaban J connectivity index is 1.72. The smallest absolute Gasteiger partial charge is 0.225 e. The molecule has 0 unspecified atom stereocenters. The molecular weight excluding hydrogens is 271 g/mol. The van der Waals surface area contributed by atoms with Gasteiger partial charge >= 0.3 is 0 Å². The molecule has 1 aliphatic heterocycles. The van der Waals surface area contributed by atoms with E-state index in [0.717, 1.165) is 13.1 Å². The highest BCUT2D eigenvalue weighted by atomic mass is 19.1. The van der Waals surface area contributed by atoms with Gasteiger partial charge in [0.1, 0.15) is 0 Å². The van der Waals surface area contributed by atoms with Gasteiger partial charge in [0.05, 0.1) is 0 Å². The summed E-state index contributed by atoms with van der Waals surface area (Å²) in [6.45, 7) is 3.00. The highest BCUT2D eigenvalue weighted by Crippen LogP contribution is 2.21. The van der Waals surface area contributed by atoms with Gasteiger partial charge in [0.25, 0.3) is 0 Å². The second-order valence-electron chi connectivity index (χ2n) is 4.83. The van der Waals surface area contributed by atoms with E-state index in [1.54, 1.807) is 30.7 Å². The molecule has 0 saturated carbocycles. The first kappa shape index (κ1) is 13.7. The Morgan fingerprint density at radius 2 is 1.67 bits per heavy atom. The van der Waals surface area contributed by atoms with Gasteiger partial charge in [-0.25, -0.2) is 19.3 Å². The molecule has 0 aliphatic carbocycles. The number of hydrogen-bond acceptors (Lipinski definition) is 6. The minimum Gasteiger partial charge on any atom is -0.351 e. The summed E-state index contributed by atoms with van der Waals surface area (Å²) in [5, 5.41) is 0. The molecule has 1 aliphatic rings. The van der Waals surface area contributed by atoms with Crippen molar-refractivity contribution >= 4 is 11.8 Å². The summed E-state index contributed by atoms with van der Waals surface area (Å²) >= 11 is 0. The van der Waals surface area contributed by atoms with Crippen molar-refractivity contribution in [2.24, 2.45) is 5.73 Å². The van der Waals surface area contributed by atoms with E-state index in [1.165, 1.54) is 0 Å². The normalized spacial score (nSPS) is 15.3. The van der Waals surface area contributed by atoms with E-state index in [9.17, 15) is 4.39 Å². The predicted octanol–water partition coefficient (Wildman–Crippen LogP) is 0.796. The zero-order valence-electron chi connectivity index (χ0n) is 11.6. The number of rotatable bonds is 3. The van der Waals surface area contributed by atoms with Crippen molar-refractivity contribution in [3.63, 3.8) is 0 Å². The zero-order chi connectivity index (χ0) is 14.7. The molecule has 110 valence electrons. The van der Waals surface area contributed by atoms with Crippen molar-refractivity contribution in [2.45, 2.75) is 6.54 Å².